The molecule has 7 nitrogen and oxygen atoms in total. The van der Waals surface area contributed by atoms with Crippen molar-refractivity contribution in [2.75, 3.05) is 12.4 Å². The molecule has 2 heterocycles. The second-order valence-electron chi connectivity index (χ2n) is 5.93. The van der Waals surface area contributed by atoms with Crippen molar-refractivity contribution in [3.05, 3.63) is 58.9 Å². The SMILES string of the molecule is COc1ccc(-c2nnc(CSc3nnc(Nc4cccc(Cl)c4C)s3)o2)cc1. The van der Waals surface area contributed by atoms with Gasteiger partial charge >= 0.3 is 0 Å². The zero-order valence-electron chi connectivity index (χ0n) is 15.5. The highest BCUT2D eigenvalue weighted by Gasteiger charge is 2.12. The first-order chi connectivity index (χ1) is 14.1. The molecule has 0 fully saturated rings. The number of nitrogens with one attached hydrogen (secondary N) is 1. The van der Waals surface area contributed by atoms with E-state index in [1.807, 2.05) is 49.4 Å². The minimum absolute atomic E-state index is 0.472. The van der Waals surface area contributed by atoms with Gasteiger partial charge in [0.25, 0.3) is 0 Å². The molecule has 148 valence electrons. The Labute approximate surface area is 180 Å². The van der Waals surface area contributed by atoms with Crippen LogP contribution in [0.25, 0.3) is 11.5 Å². The van der Waals surface area contributed by atoms with Gasteiger partial charge in [0.15, 0.2) is 4.34 Å². The van der Waals surface area contributed by atoms with Crippen LogP contribution < -0.4 is 10.1 Å². The van der Waals surface area contributed by atoms with Crippen molar-refractivity contribution < 1.29 is 9.15 Å². The minimum Gasteiger partial charge on any atom is -0.497 e. The maximum Gasteiger partial charge on any atom is 0.247 e. The molecule has 0 radical (unpaired) electrons. The third kappa shape index (κ3) is 4.69. The number of hydrogen-bond acceptors (Lipinski definition) is 9. The summed E-state index contributed by atoms with van der Waals surface area (Å²) in [5.41, 5.74) is 2.72. The summed E-state index contributed by atoms with van der Waals surface area (Å²) in [5, 5.41) is 21.2. The van der Waals surface area contributed by atoms with Crippen LogP contribution in [0.1, 0.15) is 11.5 Å². The number of ether oxygens (including phenoxy) is 1. The van der Waals surface area contributed by atoms with Gasteiger partial charge < -0.3 is 14.5 Å². The third-order valence-corrected chi connectivity index (χ3v) is 6.40. The maximum absolute atomic E-state index is 6.16. The van der Waals surface area contributed by atoms with E-state index in [1.165, 1.54) is 23.1 Å². The molecule has 0 atom stereocenters. The van der Waals surface area contributed by atoms with E-state index in [-0.39, 0.29) is 0 Å². The molecular formula is C19H16ClN5O2S2. The summed E-state index contributed by atoms with van der Waals surface area (Å²) >= 11 is 9.10. The summed E-state index contributed by atoms with van der Waals surface area (Å²) in [5.74, 6) is 2.28. The fourth-order valence-electron chi connectivity index (χ4n) is 2.46. The van der Waals surface area contributed by atoms with Gasteiger partial charge in [0, 0.05) is 16.3 Å². The first-order valence-corrected chi connectivity index (χ1v) is 10.8. The first-order valence-electron chi connectivity index (χ1n) is 8.57. The summed E-state index contributed by atoms with van der Waals surface area (Å²) in [6, 6.07) is 13.2. The van der Waals surface area contributed by atoms with Crippen LogP contribution in [-0.4, -0.2) is 27.5 Å². The Kier molecular flexibility index (Phi) is 5.98. The first kappa shape index (κ1) is 19.7. The van der Waals surface area contributed by atoms with Crippen LogP contribution >= 0.6 is 34.7 Å². The van der Waals surface area contributed by atoms with Crippen molar-refractivity contribution in [2.45, 2.75) is 17.0 Å². The number of aromatic nitrogens is 4. The van der Waals surface area contributed by atoms with Crippen LogP contribution in [0.4, 0.5) is 10.8 Å². The zero-order chi connectivity index (χ0) is 20.2. The number of thioether (sulfide) groups is 1. The van der Waals surface area contributed by atoms with Crippen LogP contribution in [0.15, 0.2) is 51.2 Å². The molecule has 2 aromatic heterocycles. The molecule has 4 rings (SSSR count). The van der Waals surface area contributed by atoms with Crippen LogP contribution in [0.2, 0.25) is 5.02 Å². The summed E-state index contributed by atoms with van der Waals surface area (Å²) in [4.78, 5) is 0. The lowest BCUT2D eigenvalue weighted by atomic mass is 10.2. The van der Waals surface area contributed by atoms with Gasteiger partial charge in [0.1, 0.15) is 5.75 Å². The smallest absolute Gasteiger partial charge is 0.247 e. The van der Waals surface area contributed by atoms with E-state index in [2.05, 4.69) is 25.7 Å². The van der Waals surface area contributed by atoms with Crippen LogP contribution in [-0.2, 0) is 5.75 Å². The average molecular weight is 446 g/mol. The lowest BCUT2D eigenvalue weighted by Gasteiger charge is -2.06. The Morgan fingerprint density at radius 2 is 1.93 bits per heavy atom. The monoisotopic (exact) mass is 445 g/mol. The number of anilines is 2. The fraction of sp³-hybridized carbons (Fsp3) is 0.158. The van der Waals surface area contributed by atoms with Crippen molar-refractivity contribution in [1.29, 1.82) is 0 Å². The van der Waals surface area contributed by atoms with E-state index in [4.69, 9.17) is 20.8 Å². The molecule has 29 heavy (non-hydrogen) atoms. The van der Waals surface area contributed by atoms with Gasteiger partial charge in [0.05, 0.1) is 12.9 Å². The summed E-state index contributed by atoms with van der Waals surface area (Å²) in [6.45, 7) is 1.96. The number of nitrogens with zero attached hydrogens (tertiary/aromatic N) is 4. The molecule has 2 aromatic carbocycles. The van der Waals surface area contributed by atoms with E-state index in [0.29, 0.717) is 27.7 Å². The van der Waals surface area contributed by atoms with E-state index in [0.717, 1.165) is 26.9 Å². The number of methoxy groups -OCH3 is 1. The molecule has 0 amide bonds. The number of halogens is 1. The molecular weight excluding hydrogens is 430 g/mol. The standard InChI is InChI=1S/C19H16ClN5O2S2/c1-11-14(20)4-3-5-15(11)21-18-24-25-19(29-18)28-10-16-22-23-17(27-16)12-6-8-13(26-2)9-7-12/h3-9H,10H2,1-2H3,(H,21,24). The third-order valence-electron chi connectivity index (χ3n) is 4.04. The predicted molar refractivity (Wildman–Crippen MR) is 115 cm³/mol. The van der Waals surface area contributed by atoms with Gasteiger partial charge in [-0.25, -0.2) is 0 Å². The average Bonchev–Trinajstić information content (AvgIpc) is 3.39. The van der Waals surface area contributed by atoms with Crippen LogP contribution in [0, 0.1) is 6.92 Å². The highest BCUT2D eigenvalue weighted by Crippen LogP contribution is 2.32. The Hall–Kier alpha value is -2.62. The normalized spacial score (nSPS) is 10.9. The van der Waals surface area contributed by atoms with Gasteiger partial charge in [-0.05, 0) is 48.9 Å². The van der Waals surface area contributed by atoms with E-state index >= 15 is 0 Å². The number of rotatable bonds is 7. The molecule has 0 spiro atoms. The summed E-state index contributed by atoms with van der Waals surface area (Å²) in [6.07, 6.45) is 0. The summed E-state index contributed by atoms with van der Waals surface area (Å²) in [7, 11) is 1.63. The van der Waals surface area contributed by atoms with Gasteiger partial charge in [-0.1, -0.05) is 40.8 Å². The molecule has 1 N–H and O–H groups in total. The fourth-order valence-corrected chi connectivity index (χ4v) is 4.24. The molecule has 0 saturated carbocycles. The van der Waals surface area contributed by atoms with E-state index < -0.39 is 0 Å². The maximum atomic E-state index is 6.16. The highest BCUT2D eigenvalue weighted by molar-refractivity contribution is 8.00. The quantitative estimate of drug-likeness (QED) is 0.368. The molecule has 0 unspecified atom stereocenters. The van der Waals surface area contributed by atoms with Gasteiger partial charge in [-0.2, -0.15) is 0 Å². The Morgan fingerprint density at radius 3 is 2.72 bits per heavy atom. The van der Waals surface area contributed by atoms with E-state index in [1.54, 1.807) is 7.11 Å². The molecule has 0 bridgehead atoms. The Bertz CT molecular complexity index is 1110. The molecule has 4 aromatic rings. The van der Waals surface area contributed by atoms with Crippen molar-refractivity contribution >= 4 is 45.5 Å². The molecule has 0 aliphatic heterocycles. The molecule has 0 aliphatic carbocycles. The van der Waals surface area contributed by atoms with Crippen molar-refractivity contribution in [1.82, 2.24) is 20.4 Å². The van der Waals surface area contributed by atoms with Gasteiger partial charge in [0.2, 0.25) is 16.9 Å². The highest BCUT2D eigenvalue weighted by atomic mass is 35.5. The van der Waals surface area contributed by atoms with Crippen LogP contribution in [0.3, 0.4) is 0 Å². The topological polar surface area (TPSA) is 86.0 Å². The predicted octanol–water partition coefficient (Wildman–Crippen LogP) is 5.59. The largest absolute Gasteiger partial charge is 0.497 e. The zero-order valence-corrected chi connectivity index (χ0v) is 17.9. The number of hydrogen-bond donors (Lipinski definition) is 1. The second-order valence-corrected chi connectivity index (χ2v) is 8.54. The van der Waals surface area contributed by atoms with Gasteiger partial charge in [-0.15, -0.1) is 20.4 Å². The summed E-state index contributed by atoms with van der Waals surface area (Å²) < 4.78 is 11.7. The molecule has 10 heteroatoms. The van der Waals surface area contributed by atoms with Gasteiger partial charge in [-0.3, -0.25) is 0 Å². The minimum atomic E-state index is 0.472. The van der Waals surface area contributed by atoms with Crippen molar-refractivity contribution in [2.24, 2.45) is 0 Å². The molecule has 0 saturated heterocycles. The van der Waals surface area contributed by atoms with Crippen molar-refractivity contribution in [3.8, 4) is 17.2 Å². The number of benzene rings is 2. The lowest BCUT2D eigenvalue weighted by Crippen LogP contribution is -1.92. The van der Waals surface area contributed by atoms with Crippen molar-refractivity contribution in [3.63, 3.8) is 0 Å². The Balaban J connectivity index is 1.37. The lowest BCUT2D eigenvalue weighted by molar-refractivity contribution is 0.415. The Morgan fingerprint density at radius 1 is 1.10 bits per heavy atom. The molecule has 0 aliphatic rings. The van der Waals surface area contributed by atoms with E-state index in [9.17, 15) is 0 Å². The second kappa shape index (κ2) is 8.81. The van der Waals surface area contributed by atoms with Crippen LogP contribution in [0.5, 0.6) is 5.75 Å².